The lowest BCUT2D eigenvalue weighted by Crippen LogP contribution is -2.07. The van der Waals surface area contributed by atoms with E-state index in [1.165, 1.54) is 0 Å². The summed E-state index contributed by atoms with van der Waals surface area (Å²) >= 11 is 0. The van der Waals surface area contributed by atoms with Gasteiger partial charge in [-0.3, -0.25) is 0 Å². The van der Waals surface area contributed by atoms with Crippen molar-refractivity contribution in [3.8, 4) is 17.2 Å². The Morgan fingerprint density at radius 1 is 1.25 bits per heavy atom. The zero-order chi connectivity index (χ0) is 14.2. The number of pyridine rings is 1. The second-order valence-corrected chi connectivity index (χ2v) is 4.37. The summed E-state index contributed by atoms with van der Waals surface area (Å²) in [6.45, 7) is 1.43. The van der Waals surface area contributed by atoms with Gasteiger partial charge in [0, 0.05) is 32.0 Å². The highest BCUT2D eigenvalue weighted by Crippen LogP contribution is 2.22. The van der Waals surface area contributed by atoms with Crippen LogP contribution in [0.3, 0.4) is 0 Å². The van der Waals surface area contributed by atoms with Crippen LogP contribution in [0.15, 0.2) is 42.6 Å². The van der Waals surface area contributed by atoms with E-state index in [-0.39, 0.29) is 0 Å². The largest absolute Gasteiger partial charge is 0.385 e. The van der Waals surface area contributed by atoms with E-state index >= 15 is 0 Å². The molecule has 0 radical (unpaired) electrons. The van der Waals surface area contributed by atoms with E-state index in [0.29, 0.717) is 18.0 Å². The normalized spacial score (nSPS) is 10.0. The van der Waals surface area contributed by atoms with Crippen molar-refractivity contribution in [1.29, 1.82) is 5.26 Å². The maximum absolute atomic E-state index is 9.24. The first kappa shape index (κ1) is 14.0. The molecule has 2 rings (SSSR count). The Morgan fingerprint density at radius 3 is 2.75 bits per heavy atom. The molecule has 4 nitrogen and oxygen atoms in total. The summed E-state index contributed by atoms with van der Waals surface area (Å²) in [5.41, 5.74) is 2.57. The molecule has 0 unspecified atom stereocenters. The zero-order valence-corrected chi connectivity index (χ0v) is 11.5. The smallest absolute Gasteiger partial charge is 0.143 e. The van der Waals surface area contributed by atoms with Gasteiger partial charge in [0.1, 0.15) is 11.9 Å². The van der Waals surface area contributed by atoms with E-state index in [2.05, 4.69) is 16.4 Å². The summed E-state index contributed by atoms with van der Waals surface area (Å²) in [7, 11) is 1.67. The van der Waals surface area contributed by atoms with E-state index in [1.807, 2.05) is 36.4 Å². The fourth-order valence-electron chi connectivity index (χ4n) is 1.90. The van der Waals surface area contributed by atoms with Crippen molar-refractivity contribution in [3.63, 3.8) is 0 Å². The lowest BCUT2D eigenvalue weighted by Gasteiger charge is -2.08. The van der Waals surface area contributed by atoms with Gasteiger partial charge in [-0.25, -0.2) is 4.98 Å². The Bertz CT molecular complexity index is 590. The van der Waals surface area contributed by atoms with Crippen LogP contribution in [0.4, 0.5) is 5.82 Å². The van der Waals surface area contributed by atoms with Crippen molar-refractivity contribution >= 4 is 5.82 Å². The third-order valence-corrected chi connectivity index (χ3v) is 2.93. The Balaban J connectivity index is 2.14. The van der Waals surface area contributed by atoms with Gasteiger partial charge < -0.3 is 10.1 Å². The van der Waals surface area contributed by atoms with Gasteiger partial charge in [0.15, 0.2) is 0 Å². The molecule has 0 atom stereocenters. The molecular formula is C16H17N3O. The second-order valence-electron chi connectivity index (χ2n) is 4.37. The topological polar surface area (TPSA) is 57.9 Å². The molecule has 1 N–H and O–H groups in total. The fraction of sp³-hybridized carbons (Fsp3) is 0.250. The number of nitriles is 1. The molecule has 0 spiro atoms. The Hall–Kier alpha value is -2.38. The van der Waals surface area contributed by atoms with E-state index in [4.69, 9.17) is 4.74 Å². The summed E-state index contributed by atoms with van der Waals surface area (Å²) in [4.78, 5) is 4.35. The Kier molecular flexibility index (Phi) is 5.10. The Morgan fingerprint density at radius 2 is 2.05 bits per heavy atom. The van der Waals surface area contributed by atoms with E-state index in [0.717, 1.165) is 24.1 Å². The number of ether oxygens (including phenoxy) is 1. The third-order valence-electron chi connectivity index (χ3n) is 2.93. The summed E-state index contributed by atoms with van der Waals surface area (Å²) in [6, 6.07) is 14.0. The lowest BCUT2D eigenvalue weighted by molar-refractivity contribution is 0.198. The number of methoxy groups -OCH3 is 1. The van der Waals surface area contributed by atoms with Gasteiger partial charge in [-0.1, -0.05) is 30.3 Å². The van der Waals surface area contributed by atoms with Crippen molar-refractivity contribution in [3.05, 3.63) is 48.2 Å². The molecule has 2 aromatic rings. The summed E-state index contributed by atoms with van der Waals surface area (Å²) < 4.78 is 4.99. The number of rotatable bonds is 6. The third kappa shape index (κ3) is 3.56. The number of nitrogens with one attached hydrogen (secondary N) is 1. The number of hydrogen-bond donors (Lipinski definition) is 1. The van der Waals surface area contributed by atoms with E-state index in [1.54, 1.807) is 13.3 Å². The quantitative estimate of drug-likeness (QED) is 0.817. The number of anilines is 1. The van der Waals surface area contributed by atoms with E-state index < -0.39 is 0 Å². The van der Waals surface area contributed by atoms with Crippen molar-refractivity contribution < 1.29 is 4.74 Å². The van der Waals surface area contributed by atoms with Crippen LogP contribution in [0.25, 0.3) is 11.1 Å². The molecule has 102 valence electrons. The SMILES string of the molecule is COCCCNc1ncc(-c2ccccc2)cc1C#N. The van der Waals surface area contributed by atoms with Crippen LogP contribution in [0.5, 0.6) is 0 Å². The molecule has 1 aromatic carbocycles. The number of hydrogen-bond acceptors (Lipinski definition) is 4. The summed E-state index contributed by atoms with van der Waals surface area (Å²) in [5.74, 6) is 0.628. The van der Waals surface area contributed by atoms with Gasteiger partial charge in [-0.05, 0) is 18.1 Å². The summed E-state index contributed by atoms with van der Waals surface area (Å²) in [6.07, 6.45) is 2.66. The highest BCUT2D eigenvalue weighted by atomic mass is 16.5. The molecule has 1 aromatic heterocycles. The van der Waals surface area contributed by atoms with Crippen molar-refractivity contribution in [2.45, 2.75) is 6.42 Å². The molecule has 0 bridgehead atoms. The molecule has 0 saturated heterocycles. The first-order valence-corrected chi connectivity index (χ1v) is 6.53. The number of aromatic nitrogens is 1. The van der Waals surface area contributed by atoms with Gasteiger partial charge in [-0.2, -0.15) is 5.26 Å². The monoisotopic (exact) mass is 267 g/mol. The molecule has 20 heavy (non-hydrogen) atoms. The van der Waals surface area contributed by atoms with Crippen molar-refractivity contribution in [2.24, 2.45) is 0 Å². The van der Waals surface area contributed by atoms with Gasteiger partial charge in [0.25, 0.3) is 0 Å². The van der Waals surface area contributed by atoms with Crippen LogP contribution in [0, 0.1) is 11.3 Å². The maximum Gasteiger partial charge on any atom is 0.143 e. The molecule has 0 aliphatic rings. The number of nitrogens with zero attached hydrogens (tertiary/aromatic N) is 2. The molecule has 0 amide bonds. The zero-order valence-electron chi connectivity index (χ0n) is 11.5. The van der Waals surface area contributed by atoms with Crippen molar-refractivity contribution in [1.82, 2.24) is 4.98 Å². The maximum atomic E-state index is 9.24. The standard InChI is InChI=1S/C16H17N3O/c1-20-9-5-8-18-16-14(11-17)10-15(12-19-16)13-6-3-2-4-7-13/h2-4,6-7,10,12H,5,8-9H2,1H3,(H,18,19). The van der Waals surface area contributed by atoms with Crippen LogP contribution in [0.2, 0.25) is 0 Å². The van der Waals surface area contributed by atoms with Crippen LogP contribution < -0.4 is 5.32 Å². The molecule has 4 heteroatoms. The minimum Gasteiger partial charge on any atom is -0.385 e. The Labute approximate surface area is 119 Å². The van der Waals surface area contributed by atoms with Gasteiger partial charge in [-0.15, -0.1) is 0 Å². The lowest BCUT2D eigenvalue weighted by atomic mass is 10.1. The molecule has 1 heterocycles. The molecule has 0 saturated carbocycles. The minimum absolute atomic E-state index is 0.559. The van der Waals surface area contributed by atoms with Gasteiger partial charge in [0.2, 0.25) is 0 Å². The first-order valence-electron chi connectivity index (χ1n) is 6.53. The predicted molar refractivity (Wildman–Crippen MR) is 79.4 cm³/mol. The van der Waals surface area contributed by atoms with Crippen molar-refractivity contribution in [2.75, 3.05) is 25.6 Å². The summed E-state index contributed by atoms with van der Waals surface area (Å²) in [5, 5.41) is 12.4. The second kappa shape index (κ2) is 7.27. The average molecular weight is 267 g/mol. The van der Waals surface area contributed by atoms with Gasteiger partial charge >= 0.3 is 0 Å². The van der Waals surface area contributed by atoms with Crippen LogP contribution in [-0.2, 0) is 4.74 Å². The first-order chi connectivity index (χ1) is 9.85. The average Bonchev–Trinajstić information content (AvgIpc) is 2.52. The molecule has 0 fully saturated rings. The number of benzene rings is 1. The molecule has 0 aliphatic carbocycles. The van der Waals surface area contributed by atoms with Crippen LogP contribution in [0.1, 0.15) is 12.0 Å². The fourth-order valence-corrected chi connectivity index (χ4v) is 1.90. The minimum atomic E-state index is 0.559. The molecular weight excluding hydrogens is 250 g/mol. The van der Waals surface area contributed by atoms with E-state index in [9.17, 15) is 5.26 Å². The highest BCUT2D eigenvalue weighted by molar-refractivity contribution is 5.67. The highest BCUT2D eigenvalue weighted by Gasteiger charge is 2.06. The molecule has 0 aliphatic heterocycles. The van der Waals surface area contributed by atoms with Gasteiger partial charge in [0.05, 0.1) is 5.56 Å². The predicted octanol–water partition coefficient (Wildman–Crippen LogP) is 3.07. The van der Waals surface area contributed by atoms with Crippen LogP contribution in [-0.4, -0.2) is 25.2 Å². The van der Waals surface area contributed by atoms with Crippen LogP contribution >= 0.6 is 0 Å².